The van der Waals surface area contributed by atoms with Crippen LogP contribution < -0.4 is 0 Å². The Morgan fingerprint density at radius 2 is 1.29 bits per heavy atom. The molecule has 0 radical (unpaired) electrons. The van der Waals surface area contributed by atoms with E-state index in [0.29, 0.717) is 12.0 Å². The molecule has 0 spiro atoms. The molecule has 0 aromatic heterocycles. The van der Waals surface area contributed by atoms with E-state index in [-0.39, 0.29) is 75.1 Å². The summed E-state index contributed by atoms with van der Waals surface area (Å²) in [4.78, 5) is 11.8. The Kier molecular flexibility index (Phi) is 21.0. The Bertz CT molecular complexity index is 959. The van der Waals surface area contributed by atoms with Gasteiger partial charge in [0.05, 0.1) is 42.7 Å². The molecule has 0 bridgehead atoms. The molecule has 0 saturated carbocycles. The van der Waals surface area contributed by atoms with Crippen LogP contribution in [0.25, 0.3) is 0 Å². The zero-order valence-corrected chi connectivity index (χ0v) is 30.5. The van der Waals surface area contributed by atoms with Crippen molar-refractivity contribution in [2.45, 2.75) is 191 Å². The molecule has 3 heterocycles. The second-order valence-electron chi connectivity index (χ2n) is 13.9. The maximum atomic E-state index is 11.8. The first kappa shape index (κ1) is 40.9. The van der Waals surface area contributed by atoms with Gasteiger partial charge in [0.25, 0.3) is 0 Å². The predicted octanol–water partition coefficient (Wildman–Crippen LogP) is 7.56. The maximum Gasteiger partial charge on any atom is 0.334 e. The summed E-state index contributed by atoms with van der Waals surface area (Å²) in [6, 6.07) is 0. The monoisotopic (exact) mass is 678 g/mol. The van der Waals surface area contributed by atoms with Gasteiger partial charge in [-0.25, -0.2) is 4.79 Å². The number of esters is 1. The van der Waals surface area contributed by atoms with Gasteiger partial charge in [-0.05, 0) is 45.1 Å². The number of methoxy groups -OCH3 is 2. The average Bonchev–Trinajstić information content (AvgIpc) is 3.83. The molecule has 2 fully saturated rings. The minimum atomic E-state index is -0.726. The molecule has 2 saturated heterocycles. The number of carbonyl (C=O) groups excluding carboxylic acids is 1. The van der Waals surface area contributed by atoms with E-state index >= 15 is 0 Å². The van der Waals surface area contributed by atoms with Gasteiger partial charge in [0.2, 0.25) is 0 Å². The normalized spacial score (nSPS) is 25.8. The van der Waals surface area contributed by atoms with Crippen molar-refractivity contribution in [3.63, 3.8) is 0 Å². The van der Waals surface area contributed by atoms with Crippen LogP contribution in [0.1, 0.15) is 142 Å². The van der Waals surface area contributed by atoms with Crippen LogP contribution in [0.4, 0.5) is 0 Å². The van der Waals surface area contributed by atoms with Crippen LogP contribution >= 0.6 is 0 Å². The lowest BCUT2D eigenvalue weighted by molar-refractivity contribution is -0.156. The van der Waals surface area contributed by atoms with Gasteiger partial charge >= 0.3 is 5.97 Å². The molecule has 1 N–H and O–H groups in total. The molecule has 0 aromatic carbocycles. The fourth-order valence-corrected chi connectivity index (χ4v) is 7.11. The quantitative estimate of drug-likeness (QED) is 0.0430. The molecule has 9 nitrogen and oxygen atoms in total. The lowest BCUT2D eigenvalue weighted by Gasteiger charge is -2.27. The van der Waals surface area contributed by atoms with Gasteiger partial charge in [0.15, 0.2) is 0 Å². The Labute approximate surface area is 291 Å². The number of carbonyl (C=O) groups is 1. The fourth-order valence-electron chi connectivity index (χ4n) is 7.11. The summed E-state index contributed by atoms with van der Waals surface area (Å²) in [6.07, 6.45) is 22.3. The van der Waals surface area contributed by atoms with Crippen LogP contribution in [0.5, 0.6) is 0 Å². The minimum Gasteiger partial charge on any atom is -0.455 e. The molecular weight excluding hydrogens is 612 g/mol. The second-order valence-corrected chi connectivity index (χ2v) is 13.9. The smallest absolute Gasteiger partial charge is 0.334 e. The fraction of sp³-hybridized carbons (Fsp3) is 0.872. The standard InChI is InChI=1S/C39H66O9/c1-5-6-7-8-9-10-11-12-13-14-15-16-20-33(44-28-42-3)35-22-24-37(47-35)38-25-23-36(48-38)34(45-29-43-4)21-18-17-19-32(40)27-31-26-30(2)46-39(31)41/h26,30,32-38,40H,5-16,19-25,27-29H2,1-4H3/t30-,32+,33+,34+,35+,36+,37+,38+/m0/s1. The summed E-state index contributed by atoms with van der Waals surface area (Å²) >= 11 is 0. The van der Waals surface area contributed by atoms with Gasteiger partial charge in [-0.3, -0.25) is 0 Å². The van der Waals surface area contributed by atoms with Crippen molar-refractivity contribution in [2.24, 2.45) is 0 Å². The first-order chi connectivity index (χ1) is 23.4. The van der Waals surface area contributed by atoms with Gasteiger partial charge in [-0.2, -0.15) is 0 Å². The number of aliphatic hydroxyl groups excluding tert-OH is 1. The summed E-state index contributed by atoms with van der Waals surface area (Å²) in [5.41, 5.74) is 0.515. The number of aliphatic hydroxyl groups is 1. The highest BCUT2D eigenvalue weighted by atomic mass is 16.7. The van der Waals surface area contributed by atoms with E-state index in [1.807, 2.05) is 0 Å². The molecule has 0 aromatic rings. The van der Waals surface area contributed by atoms with Crippen molar-refractivity contribution < 1.29 is 43.1 Å². The molecule has 3 aliphatic heterocycles. The number of hydrogen-bond donors (Lipinski definition) is 1. The summed E-state index contributed by atoms with van der Waals surface area (Å²) in [5.74, 6) is 5.86. The first-order valence-corrected chi connectivity index (χ1v) is 19.0. The van der Waals surface area contributed by atoms with Crippen LogP contribution in [0.15, 0.2) is 11.6 Å². The average molecular weight is 679 g/mol. The largest absolute Gasteiger partial charge is 0.455 e. The highest BCUT2D eigenvalue weighted by molar-refractivity contribution is 5.90. The lowest BCUT2D eigenvalue weighted by atomic mass is 10.0. The SMILES string of the molecule is CCCCCCCCCCCCCC[C@@H](OCOC)[C@H]1CC[C@H]([C@H]2CC[C@H]([C@@H](CC#CC[C@@H](O)CC3=C[C@H](C)OC3=O)OCOC)O2)O1. The molecular formula is C39H66O9. The van der Waals surface area contributed by atoms with Crippen molar-refractivity contribution >= 4 is 5.97 Å². The third-order valence-corrected chi connectivity index (χ3v) is 9.77. The van der Waals surface area contributed by atoms with E-state index in [4.69, 9.17) is 33.2 Å². The number of unbranched alkanes of at least 4 members (excludes halogenated alkanes) is 11. The van der Waals surface area contributed by atoms with Crippen LogP contribution in [0, 0.1) is 11.8 Å². The number of ether oxygens (including phenoxy) is 7. The highest BCUT2D eigenvalue weighted by Gasteiger charge is 2.41. The predicted molar refractivity (Wildman–Crippen MR) is 186 cm³/mol. The van der Waals surface area contributed by atoms with Gasteiger partial charge in [-0.15, -0.1) is 11.8 Å². The van der Waals surface area contributed by atoms with E-state index < -0.39 is 6.10 Å². The van der Waals surface area contributed by atoms with Crippen molar-refractivity contribution in [2.75, 3.05) is 27.8 Å². The van der Waals surface area contributed by atoms with Crippen molar-refractivity contribution in [3.8, 4) is 11.8 Å². The van der Waals surface area contributed by atoms with E-state index in [1.165, 1.54) is 70.6 Å². The summed E-state index contributed by atoms with van der Waals surface area (Å²) in [6.45, 7) is 4.53. The first-order valence-electron chi connectivity index (χ1n) is 19.0. The Morgan fingerprint density at radius 1 is 0.771 bits per heavy atom. The third kappa shape index (κ3) is 15.6. The number of cyclic esters (lactones) is 1. The Morgan fingerprint density at radius 3 is 1.83 bits per heavy atom. The van der Waals surface area contributed by atoms with E-state index in [2.05, 4.69) is 18.8 Å². The van der Waals surface area contributed by atoms with Gasteiger partial charge < -0.3 is 38.3 Å². The van der Waals surface area contributed by atoms with Crippen LogP contribution in [0.2, 0.25) is 0 Å². The van der Waals surface area contributed by atoms with Crippen LogP contribution in [-0.2, 0) is 38.0 Å². The van der Waals surface area contributed by atoms with Crippen molar-refractivity contribution in [1.29, 1.82) is 0 Å². The molecule has 48 heavy (non-hydrogen) atoms. The lowest BCUT2D eigenvalue weighted by Crippen LogP contribution is -2.35. The van der Waals surface area contributed by atoms with Gasteiger partial charge in [0.1, 0.15) is 19.7 Å². The van der Waals surface area contributed by atoms with Gasteiger partial charge in [-0.1, -0.05) is 84.0 Å². The second kappa shape index (κ2) is 24.6. The summed E-state index contributed by atoms with van der Waals surface area (Å²) < 4.78 is 40.8. The minimum absolute atomic E-state index is 0.0139. The summed E-state index contributed by atoms with van der Waals surface area (Å²) in [7, 11) is 3.28. The maximum absolute atomic E-state index is 11.8. The molecule has 3 aliphatic rings. The van der Waals surface area contributed by atoms with E-state index in [0.717, 1.165) is 38.5 Å². The molecule has 276 valence electrons. The van der Waals surface area contributed by atoms with Crippen LogP contribution in [-0.4, -0.2) is 87.7 Å². The molecule has 9 heteroatoms. The third-order valence-electron chi connectivity index (χ3n) is 9.77. The molecule has 0 unspecified atom stereocenters. The zero-order chi connectivity index (χ0) is 34.4. The number of hydrogen-bond acceptors (Lipinski definition) is 9. The molecule has 3 rings (SSSR count). The Hall–Kier alpha value is -1.51. The van der Waals surface area contributed by atoms with Gasteiger partial charge in [0, 0.05) is 39.1 Å². The van der Waals surface area contributed by atoms with E-state index in [9.17, 15) is 9.90 Å². The number of rotatable bonds is 26. The van der Waals surface area contributed by atoms with Crippen molar-refractivity contribution in [1.82, 2.24) is 0 Å². The topological polar surface area (TPSA) is 102 Å². The summed E-state index contributed by atoms with van der Waals surface area (Å²) in [5, 5.41) is 10.4. The molecule has 0 aliphatic carbocycles. The zero-order valence-electron chi connectivity index (χ0n) is 30.5. The van der Waals surface area contributed by atoms with Crippen LogP contribution in [0.3, 0.4) is 0 Å². The van der Waals surface area contributed by atoms with E-state index in [1.54, 1.807) is 27.2 Å². The van der Waals surface area contributed by atoms with Crippen molar-refractivity contribution in [3.05, 3.63) is 11.6 Å². The molecule has 0 amide bonds. The highest BCUT2D eigenvalue weighted by Crippen LogP contribution is 2.35. The Balaban J connectivity index is 1.36. The molecule has 8 atom stereocenters.